The topological polar surface area (TPSA) is 95.9 Å². The first-order valence-electron chi connectivity index (χ1n) is 12.5. The van der Waals surface area contributed by atoms with Gasteiger partial charge in [-0.1, -0.05) is 0 Å². The molecule has 0 saturated carbocycles. The van der Waals surface area contributed by atoms with Crippen LogP contribution in [0.1, 0.15) is 34.3 Å². The molecule has 1 aliphatic rings. The van der Waals surface area contributed by atoms with Crippen molar-refractivity contribution in [3.63, 3.8) is 0 Å². The minimum atomic E-state index is -4.46. The fraction of sp³-hybridized carbons (Fsp3) is 0.250. The molecule has 1 aliphatic heterocycles. The zero-order valence-corrected chi connectivity index (χ0v) is 21.1. The summed E-state index contributed by atoms with van der Waals surface area (Å²) in [4.78, 5) is 31.6. The van der Waals surface area contributed by atoms with Gasteiger partial charge in [0.25, 0.3) is 5.91 Å². The van der Waals surface area contributed by atoms with Gasteiger partial charge in [0.05, 0.1) is 16.8 Å². The second kappa shape index (κ2) is 11.1. The van der Waals surface area contributed by atoms with Gasteiger partial charge >= 0.3 is 6.18 Å². The Labute approximate surface area is 223 Å². The van der Waals surface area contributed by atoms with Crippen LogP contribution in [0.5, 0.6) is 0 Å². The van der Waals surface area contributed by atoms with E-state index in [9.17, 15) is 18.0 Å². The van der Waals surface area contributed by atoms with Crippen LogP contribution in [0, 0.1) is 6.92 Å². The maximum atomic E-state index is 13.0. The molecule has 2 N–H and O–H groups in total. The van der Waals surface area contributed by atoms with Crippen molar-refractivity contribution in [2.75, 3.05) is 23.7 Å². The van der Waals surface area contributed by atoms with Crippen LogP contribution < -0.4 is 10.6 Å². The van der Waals surface area contributed by atoms with Gasteiger partial charge in [-0.2, -0.15) is 13.2 Å². The fourth-order valence-electron chi connectivity index (χ4n) is 4.42. The lowest BCUT2D eigenvalue weighted by Gasteiger charge is -2.32. The molecule has 1 fully saturated rings. The molecule has 0 unspecified atom stereocenters. The summed E-state index contributed by atoms with van der Waals surface area (Å²) in [6, 6.07) is 13.0. The van der Waals surface area contributed by atoms with Crippen molar-refractivity contribution >= 4 is 23.4 Å². The summed E-state index contributed by atoms with van der Waals surface area (Å²) >= 11 is 0. The first-order valence-corrected chi connectivity index (χ1v) is 12.5. The highest BCUT2D eigenvalue weighted by Crippen LogP contribution is 2.31. The number of aromatic nitrogens is 4. The quantitative estimate of drug-likeness (QED) is 0.327. The van der Waals surface area contributed by atoms with Gasteiger partial charge in [-0.15, -0.1) is 0 Å². The number of rotatable bonds is 6. The van der Waals surface area contributed by atoms with E-state index in [0.29, 0.717) is 30.2 Å². The molecular weight excluding hydrogens is 507 g/mol. The van der Waals surface area contributed by atoms with Gasteiger partial charge < -0.3 is 15.5 Å². The highest BCUT2D eigenvalue weighted by atomic mass is 19.4. The second-order valence-electron chi connectivity index (χ2n) is 9.35. The number of piperidine rings is 1. The van der Waals surface area contributed by atoms with Gasteiger partial charge in [-0.3, -0.25) is 9.78 Å². The average molecular weight is 534 g/mol. The number of likely N-dealkylation sites (tertiary alicyclic amines) is 1. The van der Waals surface area contributed by atoms with Crippen molar-refractivity contribution in [3.05, 3.63) is 90.0 Å². The maximum absolute atomic E-state index is 13.0. The van der Waals surface area contributed by atoms with Crippen LogP contribution in [0.4, 0.5) is 30.6 Å². The summed E-state index contributed by atoms with van der Waals surface area (Å²) in [5, 5.41) is 6.31. The summed E-state index contributed by atoms with van der Waals surface area (Å²) in [6.07, 6.45) is 3.19. The Bertz CT molecular complexity index is 1440. The van der Waals surface area contributed by atoms with E-state index in [1.54, 1.807) is 36.8 Å². The van der Waals surface area contributed by atoms with Crippen molar-refractivity contribution in [3.8, 4) is 11.3 Å². The number of carbonyl (C=O) groups excluding carboxylic acids is 1. The molecule has 5 rings (SSSR count). The minimum Gasteiger partial charge on any atom is -0.367 e. The number of aryl methyl sites for hydroxylation is 1. The van der Waals surface area contributed by atoms with E-state index in [4.69, 9.17) is 0 Å². The molecule has 200 valence electrons. The van der Waals surface area contributed by atoms with E-state index >= 15 is 0 Å². The molecule has 1 saturated heterocycles. The zero-order valence-electron chi connectivity index (χ0n) is 21.1. The Morgan fingerprint density at radius 1 is 0.949 bits per heavy atom. The van der Waals surface area contributed by atoms with Crippen LogP contribution >= 0.6 is 0 Å². The highest BCUT2D eigenvalue weighted by Gasteiger charge is 2.30. The predicted molar refractivity (Wildman–Crippen MR) is 142 cm³/mol. The summed E-state index contributed by atoms with van der Waals surface area (Å²) < 4.78 is 39.1. The number of amides is 1. The first kappa shape index (κ1) is 26.1. The lowest BCUT2D eigenvalue weighted by Crippen LogP contribution is -2.42. The number of halogens is 3. The Kier molecular flexibility index (Phi) is 7.40. The number of carbonyl (C=O) groups is 1. The standard InChI is InChI=1S/C28H26F3N7O/c1-18-13-23(36-26(14-18)37-25-15-21(6-10-33-25)28(29,30)31)19-4-5-24(34-17-19)35-22-7-11-38(12-8-22)27(39)20-3-2-9-32-16-20/h2-6,9-10,13-17,22H,7-8,11-12H2,1H3,(H,34,35)(H,33,36,37). The monoisotopic (exact) mass is 533 g/mol. The largest absolute Gasteiger partial charge is 0.416 e. The van der Waals surface area contributed by atoms with Crippen molar-refractivity contribution in [2.45, 2.75) is 32.0 Å². The van der Waals surface area contributed by atoms with E-state index in [1.165, 1.54) is 0 Å². The van der Waals surface area contributed by atoms with Crippen LogP contribution in [0.2, 0.25) is 0 Å². The third-order valence-corrected chi connectivity index (χ3v) is 6.41. The molecule has 1 amide bonds. The summed E-state index contributed by atoms with van der Waals surface area (Å²) in [5.74, 6) is 1.15. The molecule has 0 atom stereocenters. The van der Waals surface area contributed by atoms with Gasteiger partial charge in [0.1, 0.15) is 17.5 Å². The SMILES string of the molecule is Cc1cc(Nc2cc(C(F)(F)F)ccn2)nc(-c2ccc(NC3CCN(C(=O)c4cccnc4)CC3)nc2)c1. The maximum Gasteiger partial charge on any atom is 0.416 e. The number of nitrogens with one attached hydrogen (secondary N) is 2. The molecule has 39 heavy (non-hydrogen) atoms. The van der Waals surface area contributed by atoms with Crippen LogP contribution in [0.25, 0.3) is 11.3 Å². The number of hydrogen-bond acceptors (Lipinski definition) is 7. The molecule has 8 nitrogen and oxygen atoms in total. The van der Waals surface area contributed by atoms with E-state index in [-0.39, 0.29) is 17.8 Å². The van der Waals surface area contributed by atoms with Gasteiger partial charge in [-0.25, -0.2) is 15.0 Å². The Morgan fingerprint density at radius 2 is 1.77 bits per heavy atom. The number of pyridine rings is 4. The molecular formula is C28H26F3N7O. The normalized spacial score (nSPS) is 14.2. The van der Waals surface area contributed by atoms with E-state index in [2.05, 4.69) is 30.6 Å². The second-order valence-corrected chi connectivity index (χ2v) is 9.35. The highest BCUT2D eigenvalue weighted by molar-refractivity contribution is 5.93. The Morgan fingerprint density at radius 3 is 2.46 bits per heavy atom. The molecule has 5 heterocycles. The molecule has 4 aromatic rings. The minimum absolute atomic E-state index is 0.00706. The van der Waals surface area contributed by atoms with Gasteiger partial charge in [0.2, 0.25) is 0 Å². The third kappa shape index (κ3) is 6.49. The van der Waals surface area contributed by atoms with E-state index < -0.39 is 11.7 Å². The molecule has 11 heteroatoms. The van der Waals surface area contributed by atoms with Crippen LogP contribution in [0.15, 0.2) is 73.3 Å². The van der Waals surface area contributed by atoms with Gasteiger partial charge in [0, 0.05) is 49.5 Å². The number of anilines is 3. The van der Waals surface area contributed by atoms with Crippen LogP contribution in [-0.2, 0) is 6.18 Å². The molecule has 0 aliphatic carbocycles. The molecule has 4 aromatic heterocycles. The zero-order chi connectivity index (χ0) is 27.4. The summed E-state index contributed by atoms with van der Waals surface area (Å²) in [6.45, 7) is 3.17. The smallest absolute Gasteiger partial charge is 0.367 e. The number of alkyl halides is 3. The van der Waals surface area contributed by atoms with Crippen LogP contribution in [0.3, 0.4) is 0 Å². The number of nitrogens with zero attached hydrogens (tertiary/aromatic N) is 5. The molecule has 0 bridgehead atoms. The Hall–Kier alpha value is -4.54. The molecule has 0 radical (unpaired) electrons. The Balaban J connectivity index is 1.21. The van der Waals surface area contributed by atoms with E-state index in [1.807, 2.05) is 30.0 Å². The van der Waals surface area contributed by atoms with Crippen molar-refractivity contribution in [2.24, 2.45) is 0 Å². The predicted octanol–water partition coefficient (Wildman–Crippen LogP) is 5.72. The van der Waals surface area contributed by atoms with Gasteiger partial charge in [-0.05, 0) is 73.9 Å². The van der Waals surface area contributed by atoms with Crippen molar-refractivity contribution in [1.29, 1.82) is 0 Å². The van der Waals surface area contributed by atoms with Crippen molar-refractivity contribution in [1.82, 2.24) is 24.8 Å². The van der Waals surface area contributed by atoms with E-state index in [0.717, 1.165) is 48.1 Å². The first-order chi connectivity index (χ1) is 18.7. The van der Waals surface area contributed by atoms with Gasteiger partial charge in [0.15, 0.2) is 0 Å². The lowest BCUT2D eigenvalue weighted by molar-refractivity contribution is -0.137. The third-order valence-electron chi connectivity index (χ3n) is 6.41. The average Bonchev–Trinajstić information content (AvgIpc) is 2.93. The molecule has 0 aromatic carbocycles. The summed E-state index contributed by atoms with van der Waals surface area (Å²) in [5.41, 5.74) is 2.08. The number of hydrogen-bond donors (Lipinski definition) is 2. The summed E-state index contributed by atoms with van der Waals surface area (Å²) in [7, 11) is 0. The van der Waals surface area contributed by atoms with Crippen molar-refractivity contribution < 1.29 is 18.0 Å². The fourth-order valence-corrected chi connectivity index (χ4v) is 4.42. The molecule has 0 spiro atoms. The lowest BCUT2D eigenvalue weighted by atomic mass is 10.0. The van der Waals surface area contributed by atoms with Crippen LogP contribution in [-0.4, -0.2) is 49.9 Å².